The molecule has 6 atom stereocenters. The molecule has 6 heteroatoms. The molecule has 2 aliphatic rings. The predicted molar refractivity (Wildman–Crippen MR) is 183 cm³/mol. The molecule has 258 valence electrons. The molecule has 0 unspecified atom stereocenters. The molecule has 6 nitrogen and oxygen atoms in total. The van der Waals surface area contributed by atoms with E-state index in [1.807, 2.05) is 0 Å². The molecule has 0 aromatic rings. The molecule has 0 aromatic heterocycles. The Morgan fingerprint density at radius 2 is 0.886 bits per heavy atom. The lowest BCUT2D eigenvalue weighted by Gasteiger charge is -2.37. The Labute approximate surface area is 273 Å². The van der Waals surface area contributed by atoms with E-state index in [-0.39, 0.29) is 24.1 Å². The van der Waals surface area contributed by atoms with Gasteiger partial charge in [0.05, 0.1) is 41.3 Å². The fourth-order valence-corrected chi connectivity index (χ4v) is 7.91. The summed E-state index contributed by atoms with van der Waals surface area (Å²) >= 11 is 0. The summed E-state index contributed by atoms with van der Waals surface area (Å²) in [5.41, 5.74) is 0. The number of unbranched alkanes of at least 4 members (excludes halogenated alkanes) is 7. The van der Waals surface area contributed by atoms with E-state index in [9.17, 15) is 9.59 Å². The summed E-state index contributed by atoms with van der Waals surface area (Å²) in [4.78, 5) is 25.7. The van der Waals surface area contributed by atoms with Crippen LogP contribution in [0.15, 0.2) is 0 Å². The smallest absolute Gasteiger partial charge is 0.362 e. The van der Waals surface area contributed by atoms with Crippen LogP contribution >= 0.6 is 0 Å². The van der Waals surface area contributed by atoms with E-state index in [1.54, 1.807) is 0 Å². The predicted octanol–water partition coefficient (Wildman–Crippen LogP) is 8.27. The molecule has 0 saturated heterocycles. The molecule has 2 saturated carbocycles. The van der Waals surface area contributed by atoms with Gasteiger partial charge in [0.15, 0.2) is 13.1 Å². The zero-order valence-corrected chi connectivity index (χ0v) is 30.9. The number of esters is 2. The number of likely N-dealkylation sites (N-methyl/N-ethyl adjacent to an activating group) is 2. The first-order chi connectivity index (χ1) is 20.6. The monoisotopic (exact) mass is 623 g/mol. The van der Waals surface area contributed by atoms with Gasteiger partial charge in [0.2, 0.25) is 0 Å². The Morgan fingerprint density at radius 1 is 0.568 bits per heavy atom. The average molecular weight is 623 g/mol. The van der Waals surface area contributed by atoms with Gasteiger partial charge in [-0.3, -0.25) is 0 Å². The summed E-state index contributed by atoms with van der Waals surface area (Å²) in [6.45, 7) is 16.6. The summed E-state index contributed by atoms with van der Waals surface area (Å²) in [6, 6.07) is 0. The van der Waals surface area contributed by atoms with E-state index in [4.69, 9.17) is 9.47 Å². The summed E-state index contributed by atoms with van der Waals surface area (Å²) in [6.07, 6.45) is 17.0. The van der Waals surface area contributed by atoms with Crippen molar-refractivity contribution in [3.8, 4) is 0 Å². The number of carbonyl (C=O) groups is 2. The quantitative estimate of drug-likeness (QED) is 0.0827. The van der Waals surface area contributed by atoms with Crippen LogP contribution in [0.1, 0.15) is 131 Å². The van der Waals surface area contributed by atoms with Crippen molar-refractivity contribution in [2.45, 2.75) is 144 Å². The third-order valence-electron chi connectivity index (χ3n) is 10.9. The highest BCUT2D eigenvalue weighted by atomic mass is 16.5. The largest absolute Gasteiger partial charge is 0.458 e. The van der Waals surface area contributed by atoms with Gasteiger partial charge < -0.3 is 18.4 Å². The third-order valence-corrected chi connectivity index (χ3v) is 10.9. The molecular formula is C38H74N2O4+2. The zero-order valence-electron chi connectivity index (χ0n) is 30.9. The Hall–Kier alpha value is -1.14. The molecule has 0 heterocycles. The normalized spacial score (nSPS) is 26.6. The lowest BCUT2D eigenvalue weighted by Crippen LogP contribution is -2.47. The molecular weight excluding hydrogens is 548 g/mol. The molecule has 2 rings (SSSR count). The second-order valence-electron chi connectivity index (χ2n) is 17.2. The number of ether oxygens (including phenoxy) is 2. The summed E-state index contributed by atoms with van der Waals surface area (Å²) in [5, 5.41) is 0. The van der Waals surface area contributed by atoms with Crippen LogP contribution in [0.4, 0.5) is 0 Å². The van der Waals surface area contributed by atoms with Crippen molar-refractivity contribution in [3.05, 3.63) is 0 Å². The van der Waals surface area contributed by atoms with Gasteiger partial charge in [-0.05, 0) is 86.9 Å². The Kier molecular flexibility index (Phi) is 16.7. The highest BCUT2D eigenvalue weighted by Gasteiger charge is 2.36. The van der Waals surface area contributed by atoms with Gasteiger partial charge >= 0.3 is 11.9 Å². The highest BCUT2D eigenvalue weighted by Crippen LogP contribution is 2.36. The molecule has 0 N–H and O–H groups in total. The number of nitrogens with zero attached hydrogens (tertiary/aromatic N) is 2. The molecule has 0 radical (unpaired) electrons. The highest BCUT2D eigenvalue weighted by molar-refractivity contribution is 5.71. The second kappa shape index (κ2) is 18.9. The van der Waals surface area contributed by atoms with E-state index in [2.05, 4.69) is 69.7 Å². The minimum Gasteiger partial charge on any atom is -0.458 e. The van der Waals surface area contributed by atoms with Crippen molar-refractivity contribution in [2.75, 3.05) is 54.4 Å². The lowest BCUT2D eigenvalue weighted by atomic mass is 9.75. The molecule has 0 aliphatic heterocycles. The number of rotatable bonds is 19. The molecule has 44 heavy (non-hydrogen) atoms. The molecule has 0 amide bonds. The Bertz CT molecular complexity index is 771. The fourth-order valence-electron chi connectivity index (χ4n) is 7.91. The van der Waals surface area contributed by atoms with Crippen LogP contribution in [0.25, 0.3) is 0 Å². The maximum absolute atomic E-state index is 12.8. The van der Waals surface area contributed by atoms with Crippen LogP contribution in [-0.4, -0.2) is 87.5 Å². The Morgan fingerprint density at radius 3 is 1.20 bits per heavy atom. The molecule has 0 spiro atoms. The summed E-state index contributed by atoms with van der Waals surface area (Å²) in [7, 11) is 8.68. The van der Waals surface area contributed by atoms with Crippen molar-refractivity contribution in [1.29, 1.82) is 0 Å². The third kappa shape index (κ3) is 15.0. The van der Waals surface area contributed by atoms with Gasteiger partial charge in [-0.2, -0.15) is 0 Å². The first kappa shape index (κ1) is 39.0. The second-order valence-corrected chi connectivity index (χ2v) is 17.2. The topological polar surface area (TPSA) is 52.6 Å². The SMILES string of the molecule is CC(C)[C@H]1CC[C@@H](C)C[C@H]1OC(=O)C[N+](C)(C)CCCCCCCCCC[N+](C)(C)CC(=O)O[C@@H]1C[C@@H](C)CC[C@@H]1C(C)C. The van der Waals surface area contributed by atoms with Gasteiger partial charge in [0.25, 0.3) is 0 Å². The zero-order chi connectivity index (χ0) is 32.9. The fraction of sp³-hybridized carbons (Fsp3) is 0.947. The maximum atomic E-state index is 12.8. The average Bonchev–Trinajstić information content (AvgIpc) is 2.88. The van der Waals surface area contributed by atoms with Crippen LogP contribution in [0.2, 0.25) is 0 Å². The van der Waals surface area contributed by atoms with Crippen molar-refractivity contribution < 1.29 is 28.0 Å². The minimum absolute atomic E-state index is 0.0166. The van der Waals surface area contributed by atoms with Crippen molar-refractivity contribution in [3.63, 3.8) is 0 Å². The van der Waals surface area contributed by atoms with Crippen LogP contribution in [0, 0.1) is 35.5 Å². The Balaban J connectivity index is 1.53. The van der Waals surface area contributed by atoms with E-state index in [0.717, 1.165) is 38.8 Å². The molecule has 2 aliphatic carbocycles. The number of quaternary nitrogens is 2. The van der Waals surface area contributed by atoms with Crippen LogP contribution in [-0.2, 0) is 19.1 Å². The first-order valence-electron chi connectivity index (χ1n) is 18.6. The minimum atomic E-state index is -0.0166. The van der Waals surface area contributed by atoms with Crippen molar-refractivity contribution in [1.82, 2.24) is 0 Å². The molecule has 0 bridgehead atoms. The first-order valence-corrected chi connectivity index (χ1v) is 18.6. The summed E-state index contributed by atoms with van der Waals surface area (Å²) < 4.78 is 13.6. The molecule has 0 aromatic carbocycles. The van der Waals surface area contributed by atoms with Crippen LogP contribution < -0.4 is 0 Å². The van der Waals surface area contributed by atoms with Crippen LogP contribution in [0.3, 0.4) is 0 Å². The van der Waals surface area contributed by atoms with E-state index >= 15 is 0 Å². The van der Waals surface area contributed by atoms with Gasteiger partial charge in [-0.25, -0.2) is 9.59 Å². The van der Waals surface area contributed by atoms with Crippen LogP contribution in [0.5, 0.6) is 0 Å². The van der Waals surface area contributed by atoms with E-state index in [1.165, 1.54) is 64.2 Å². The summed E-state index contributed by atoms with van der Waals surface area (Å²) in [5.74, 6) is 3.42. The number of carbonyl (C=O) groups excluding carboxylic acids is 2. The van der Waals surface area contributed by atoms with Crippen molar-refractivity contribution in [2.24, 2.45) is 35.5 Å². The van der Waals surface area contributed by atoms with Crippen molar-refractivity contribution >= 4 is 11.9 Å². The van der Waals surface area contributed by atoms with Gasteiger partial charge in [-0.15, -0.1) is 0 Å². The van der Waals surface area contributed by atoms with Gasteiger partial charge in [0, 0.05) is 0 Å². The lowest BCUT2D eigenvalue weighted by molar-refractivity contribution is -0.883. The van der Waals surface area contributed by atoms with Gasteiger partial charge in [0.1, 0.15) is 12.2 Å². The standard InChI is InChI=1S/C38H74N2O4/c1-29(2)33-21-19-31(5)25-35(33)43-37(41)27-39(7,8)23-17-15-13-11-12-14-16-18-24-40(9,10)28-38(42)44-36-26-32(6)20-22-34(36)30(3)4/h29-36H,11-28H2,1-10H3/q+2/t31-,32+,33-,34-,35-,36-/m1/s1. The number of hydrogen-bond donors (Lipinski definition) is 0. The van der Waals surface area contributed by atoms with E-state index in [0.29, 0.717) is 57.6 Å². The van der Waals surface area contributed by atoms with Gasteiger partial charge in [-0.1, -0.05) is 80.1 Å². The molecule has 2 fully saturated rings. The maximum Gasteiger partial charge on any atom is 0.362 e. The number of hydrogen-bond acceptors (Lipinski definition) is 4. The van der Waals surface area contributed by atoms with E-state index < -0.39 is 0 Å².